The number of rotatable bonds is 2. The molecule has 1 rings (SSSR count). The SMILES string of the molecule is CC(C)CN1C=CN(C)C1. The van der Waals surface area contributed by atoms with E-state index in [1.54, 1.807) is 0 Å². The molecule has 0 bridgehead atoms. The van der Waals surface area contributed by atoms with Gasteiger partial charge in [0.05, 0.1) is 6.67 Å². The second kappa shape index (κ2) is 2.95. The minimum atomic E-state index is 0.760. The zero-order valence-corrected chi connectivity index (χ0v) is 7.04. The Hall–Kier alpha value is -0.660. The van der Waals surface area contributed by atoms with Crippen molar-refractivity contribution < 1.29 is 0 Å². The normalized spacial score (nSPS) is 17.6. The van der Waals surface area contributed by atoms with Crippen LogP contribution in [0.5, 0.6) is 0 Å². The molecular formula is C8H16N2. The summed E-state index contributed by atoms with van der Waals surface area (Å²) in [7, 11) is 2.09. The summed E-state index contributed by atoms with van der Waals surface area (Å²) in [6.07, 6.45) is 4.27. The smallest absolute Gasteiger partial charge is 0.0890 e. The molecule has 1 aliphatic rings. The molecule has 0 unspecified atom stereocenters. The first kappa shape index (κ1) is 7.45. The lowest BCUT2D eigenvalue weighted by atomic mass is 10.2. The molecule has 0 amide bonds. The molecule has 58 valence electrons. The fraction of sp³-hybridized carbons (Fsp3) is 0.750. The van der Waals surface area contributed by atoms with Crippen LogP contribution in [0.4, 0.5) is 0 Å². The summed E-state index contributed by atoms with van der Waals surface area (Å²) < 4.78 is 0. The van der Waals surface area contributed by atoms with Gasteiger partial charge in [0.1, 0.15) is 0 Å². The van der Waals surface area contributed by atoms with Gasteiger partial charge in [0.2, 0.25) is 0 Å². The standard InChI is InChI=1S/C8H16N2/c1-8(2)6-10-5-4-9(3)7-10/h4-5,8H,6-7H2,1-3H3. The molecule has 10 heavy (non-hydrogen) atoms. The van der Waals surface area contributed by atoms with E-state index in [2.05, 4.69) is 43.1 Å². The van der Waals surface area contributed by atoms with Crippen LogP contribution in [0.1, 0.15) is 13.8 Å². The van der Waals surface area contributed by atoms with E-state index in [0.29, 0.717) is 0 Å². The van der Waals surface area contributed by atoms with Crippen LogP contribution < -0.4 is 0 Å². The summed E-state index contributed by atoms with van der Waals surface area (Å²) in [5, 5.41) is 0. The van der Waals surface area contributed by atoms with E-state index in [9.17, 15) is 0 Å². The summed E-state index contributed by atoms with van der Waals surface area (Å²) >= 11 is 0. The minimum absolute atomic E-state index is 0.760. The molecule has 0 saturated carbocycles. The fourth-order valence-corrected chi connectivity index (χ4v) is 1.18. The highest BCUT2D eigenvalue weighted by atomic mass is 15.3. The second-order valence-electron chi connectivity index (χ2n) is 3.36. The van der Waals surface area contributed by atoms with Gasteiger partial charge < -0.3 is 9.80 Å². The van der Waals surface area contributed by atoms with Crippen molar-refractivity contribution >= 4 is 0 Å². The maximum Gasteiger partial charge on any atom is 0.0890 e. The van der Waals surface area contributed by atoms with Crippen molar-refractivity contribution in [3.8, 4) is 0 Å². The van der Waals surface area contributed by atoms with E-state index in [0.717, 1.165) is 12.6 Å². The maximum atomic E-state index is 2.32. The van der Waals surface area contributed by atoms with Crippen molar-refractivity contribution in [3.63, 3.8) is 0 Å². The third-order valence-corrected chi connectivity index (χ3v) is 1.54. The first-order valence-electron chi connectivity index (χ1n) is 3.81. The molecule has 0 aromatic carbocycles. The number of hydrogen-bond acceptors (Lipinski definition) is 2. The highest BCUT2D eigenvalue weighted by Gasteiger charge is 2.08. The zero-order valence-electron chi connectivity index (χ0n) is 7.04. The molecule has 0 atom stereocenters. The molecule has 2 heteroatoms. The Morgan fingerprint density at radius 3 is 2.50 bits per heavy atom. The van der Waals surface area contributed by atoms with E-state index in [-0.39, 0.29) is 0 Å². The van der Waals surface area contributed by atoms with E-state index in [1.165, 1.54) is 6.54 Å². The Kier molecular flexibility index (Phi) is 2.20. The van der Waals surface area contributed by atoms with E-state index in [4.69, 9.17) is 0 Å². The highest BCUT2D eigenvalue weighted by Crippen LogP contribution is 2.06. The number of nitrogens with zero attached hydrogens (tertiary/aromatic N) is 2. The molecule has 0 radical (unpaired) electrons. The summed E-state index contributed by atoms with van der Waals surface area (Å²) in [5.41, 5.74) is 0. The Balaban J connectivity index is 2.26. The first-order valence-corrected chi connectivity index (χ1v) is 3.81. The van der Waals surface area contributed by atoms with Gasteiger partial charge in [-0.3, -0.25) is 0 Å². The molecule has 1 heterocycles. The summed E-state index contributed by atoms with van der Waals surface area (Å²) in [5.74, 6) is 0.760. The van der Waals surface area contributed by atoms with E-state index < -0.39 is 0 Å². The van der Waals surface area contributed by atoms with Gasteiger partial charge in [-0.1, -0.05) is 13.8 Å². The molecule has 0 fully saturated rings. The van der Waals surface area contributed by atoms with Crippen LogP contribution in [-0.2, 0) is 0 Å². The van der Waals surface area contributed by atoms with Gasteiger partial charge in [0, 0.05) is 26.0 Å². The average Bonchev–Trinajstić information content (AvgIpc) is 2.13. The zero-order chi connectivity index (χ0) is 7.56. The summed E-state index contributed by atoms with van der Waals surface area (Å²) in [6, 6.07) is 0. The fourth-order valence-electron chi connectivity index (χ4n) is 1.18. The predicted octanol–water partition coefficient (Wildman–Crippen LogP) is 1.32. The van der Waals surface area contributed by atoms with Gasteiger partial charge in [-0.05, 0) is 5.92 Å². The molecule has 1 aliphatic heterocycles. The quantitative estimate of drug-likeness (QED) is 0.570. The lowest BCUT2D eigenvalue weighted by Gasteiger charge is -2.19. The van der Waals surface area contributed by atoms with Crippen molar-refractivity contribution in [2.75, 3.05) is 20.3 Å². The highest BCUT2D eigenvalue weighted by molar-refractivity contribution is 4.88. The van der Waals surface area contributed by atoms with Crippen molar-refractivity contribution in [1.82, 2.24) is 9.80 Å². The Morgan fingerprint density at radius 2 is 2.10 bits per heavy atom. The third kappa shape index (κ3) is 1.94. The van der Waals surface area contributed by atoms with Gasteiger partial charge in [-0.2, -0.15) is 0 Å². The second-order valence-corrected chi connectivity index (χ2v) is 3.36. The van der Waals surface area contributed by atoms with Gasteiger partial charge in [-0.25, -0.2) is 0 Å². The Bertz CT molecular complexity index is 129. The summed E-state index contributed by atoms with van der Waals surface area (Å²) in [4.78, 5) is 4.51. The largest absolute Gasteiger partial charge is 0.362 e. The van der Waals surface area contributed by atoms with Crippen LogP contribution in [-0.4, -0.2) is 30.1 Å². The van der Waals surface area contributed by atoms with Crippen molar-refractivity contribution in [1.29, 1.82) is 0 Å². The van der Waals surface area contributed by atoms with Gasteiger partial charge >= 0.3 is 0 Å². The molecule has 0 N–H and O–H groups in total. The van der Waals surface area contributed by atoms with Crippen LogP contribution in [0.25, 0.3) is 0 Å². The lowest BCUT2D eigenvalue weighted by Crippen LogP contribution is -2.25. The topological polar surface area (TPSA) is 6.48 Å². The summed E-state index contributed by atoms with van der Waals surface area (Å²) in [6.45, 7) is 6.71. The van der Waals surface area contributed by atoms with E-state index >= 15 is 0 Å². The van der Waals surface area contributed by atoms with Crippen molar-refractivity contribution in [2.45, 2.75) is 13.8 Å². The van der Waals surface area contributed by atoms with Gasteiger partial charge in [0.15, 0.2) is 0 Å². The lowest BCUT2D eigenvalue weighted by molar-refractivity contribution is 0.271. The molecule has 0 aromatic rings. The van der Waals surface area contributed by atoms with Crippen LogP contribution >= 0.6 is 0 Å². The first-order chi connectivity index (χ1) is 4.68. The predicted molar refractivity (Wildman–Crippen MR) is 43.3 cm³/mol. The Morgan fingerprint density at radius 1 is 1.40 bits per heavy atom. The van der Waals surface area contributed by atoms with Gasteiger partial charge in [0.25, 0.3) is 0 Å². The van der Waals surface area contributed by atoms with E-state index in [1.807, 2.05) is 0 Å². The molecule has 0 spiro atoms. The monoisotopic (exact) mass is 140 g/mol. The molecule has 0 aromatic heterocycles. The third-order valence-electron chi connectivity index (χ3n) is 1.54. The molecule has 2 nitrogen and oxygen atoms in total. The van der Waals surface area contributed by atoms with Gasteiger partial charge in [-0.15, -0.1) is 0 Å². The Labute approximate surface area is 63.1 Å². The van der Waals surface area contributed by atoms with Crippen molar-refractivity contribution in [2.24, 2.45) is 5.92 Å². The van der Waals surface area contributed by atoms with Crippen LogP contribution in [0.3, 0.4) is 0 Å². The minimum Gasteiger partial charge on any atom is -0.362 e. The number of hydrogen-bond donors (Lipinski definition) is 0. The average molecular weight is 140 g/mol. The molecular weight excluding hydrogens is 124 g/mol. The van der Waals surface area contributed by atoms with Crippen molar-refractivity contribution in [3.05, 3.63) is 12.4 Å². The molecule has 0 saturated heterocycles. The molecule has 0 aliphatic carbocycles. The maximum absolute atomic E-state index is 2.32. The van der Waals surface area contributed by atoms with Crippen LogP contribution in [0.15, 0.2) is 12.4 Å². The van der Waals surface area contributed by atoms with Crippen LogP contribution in [0, 0.1) is 5.92 Å². The van der Waals surface area contributed by atoms with Crippen LogP contribution in [0.2, 0.25) is 0 Å².